The van der Waals surface area contributed by atoms with E-state index in [0.717, 1.165) is 31.2 Å². The van der Waals surface area contributed by atoms with Crippen molar-refractivity contribution >= 4 is 36.9 Å². The summed E-state index contributed by atoms with van der Waals surface area (Å²) in [6.07, 6.45) is 0.680. The maximum atomic E-state index is 13.1. The monoisotopic (exact) mass is 439 g/mol. The second-order valence-corrected chi connectivity index (χ2v) is 10.5. The van der Waals surface area contributed by atoms with Gasteiger partial charge in [-0.3, -0.25) is 19.7 Å². The van der Waals surface area contributed by atoms with Crippen molar-refractivity contribution < 1.29 is 31.3 Å². The molecule has 0 saturated heterocycles. The molecule has 2 rings (SSSR count). The molecule has 29 heavy (non-hydrogen) atoms. The van der Waals surface area contributed by atoms with E-state index in [1.807, 2.05) is 0 Å². The van der Waals surface area contributed by atoms with E-state index in [4.69, 9.17) is 0 Å². The van der Waals surface area contributed by atoms with E-state index in [9.17, 15) is 36.5 Å². The lowest BCUT2D eigenvalue weighted by atomic mass is 10.0. The Morgan fingerprint density at radius 2 is 1.41 bits per heavy atom. The Labute approximate surface area is 167 Å². The van der Waals surface area contributed by atoms with Gasteiger partial charge >= 0.3 is 0 Å². The highest BCUT2D eigenvalue weighted by molar-refractivity contribution is 7.96. The van der Waals surface area contributed by atoms with Crippen LogP contribution in [0.25, 0.3) is 0 Å². The molecule has 0 amide bonds. The van der Waals surface area contributed by atoms with Gasteiger partial charge in [-0.25, -0.2) is 16.8 Å². The molecule has 0 aliphatic rings. The van der Waals surface area contributed by atoms with Crippen LogP contribution in [0.5, 0.6) is 0 Å². The van der Waals surface area contributed by atoms with Crippen LogP contribution in [-0.4, -0.2) is 50.1 Å². The van der Waals surface area contributed by atoms with Gasteiger partial charge in [0.15, 0.2) is 25.5 Å². The molecular formula is C18H17NO8S2. The number of rotatable bonds is 8. The minimum absolute atomic E-state index is 0.0620. The first-order valence-electron chi connectivity index (χ1n) is 8.14. The predicted octanol–water partition coefficient (Wildman–Crippen LogP) is 1.62. The summed E-state index contributed by atoms with van der Waals surface area (Å²) in [5.41, 5.74) is -0.448. The van der Waals surface area contributed by atoms with Gasteiger partial charge in [-0.2, -0.15) is 0 Å². The number of nitrogens with zero attached hydrogens (tertiary/aromatic N) is 1. The molecule has 2 aromatic carbocycles. The van der Waals surface area contributed by atoms with Crippen LogP contribution in [0.4, 0.5) is 5.69 Å². The summed E-state index contributed by atoms with van der Waals surface area (Å²) in [4.78, 5) is 34.7. The van der Waals surface area contributed by atoms with Crippen molar-refractivity contribution in [3.05, 3.63) is 70.3 Å². The molecule has 154 valence electrons. The second-order valence-electron chi connectivity index (χ2n) is 6.31. The van der Waals surface area contributed by atoms with Gasteiger partial charge in [0, 0.05) is 24.0 Å². The van der Waals surface area contributed by atoms with Crippen LogP contribution in [0.3, 0.4) is 0 Å². The Hall–Kier alpha value is -2.92. The molecule has 0 N–H and O–H groups in total. The summed E-state index contributed by atoms with van der Waals surface area (Å²) in [7, 11) is -8.98. The Bertz CT molecular complexity index is 1150. The lowest BCUT2D eigenvalue weighted by Gasteiger charge is -2.23. The molecule has 0 fully saturated rings. The molecule has 0 aromatic heterocycles. The van der Waals surface area contributed by atoms with Gasteiger partial charge in [-0.05, 0) is 19.1 Å². The quantitative estimate of drug-likeness (QED) is 0.343. The van der Waals surface area contributed by atoms with E-state index in [1.165, 1.54) is 24.3 Å². The highest BCUT2D eigenvalue weighted by Gasteiger charge is 2.47. The summed E-state index contributed by atoms with van der Waals surface area (Å²) >= 11 is 0. The number of hydrogen-bond acceptors (Lipinski definition) is 8. The third-order valence-corrected chi connectivity index (χ3v) is 7.95. The lowest BCUT2D eigenvalue weighted by Crippen LogP contribution is -2.48. The highest BCUT2D eigenvalue weighted by atomic mass is 32.2. The van der Waals surface area contributed by atoms with Crippen LogP contribution in [-0.2, 0) is 24.5 Å². The number of carbonyl (C=O) groups excluding carboxylic acids is 2. The largest absolute Gasteiger partial charge is 0.298 e. The Balaban J connectivity index is 2.65. The van der Waals surface area contributed by atoms with Crippen molar-refractivity contribution in [3.8, 4) is 0 Å². The van der Waals surface area contributed by atoms with Crippen molar-refractivity contribution in [2.45, 2.75) is 22.3 Å². The van der Waals surface area contributed by atoms with Gasteiger partial charge in [-0.1, -0.05) is 30.3 Å². The molecule has 0 aliphatic heterocycles. The third-order valence-electron chi connectivity index (χ3n) is 4.16. The topological polar surface area (TPSA) is 146 Å². The zero-order valence-corrected chi connectivity index (χ0v) is 17.0. The Kier molecular flexibility index (Phi) is 6.34. The number of hydrogen-bond donors (Lipinski definition) is 0. The third kappa shape index (κ3) is 4.74. The molecule has 0 bridgehead atoms. The van der Waals surface area contributed by atoms with E-state index in [-0.39, 0.29) is 11.3 Å². The number of nitro benzene ring substituents is 1. The van der Waals surface area contributed by atoms with E-state index in [0.29, 0.717) is 6.26 Å². The van der Waals surface area contributed by atoms with Crippen molar-refractivity contribution in [1.82, 2.24) is 0 Å². The smallest absolute Gasteiger partial charge is 0.269 e. The van der Waals surface area contributed by atoms with Crippen LogP contribution < -0.4 is 0 Å². The molecule has 2 atom stereocenters. The van der Waals surface area contributed by atoms with Crippen LogP contribution in [0.15, 0.2) is 59.5 Å². The zero-order valence-electron chi connectivity index (χ0n) is 15.4. The summed E-state index contributed by atoms with van der Waals surface area (Å²) in [5.74, 6) is -2.07. The normalized spacial score (nSPS) is 14.0. The molecule has 2 unspecified atom stereocenters. The molecule has 0 aliphatic carbocycles. The van der Waals surface area contributed by atoms with Gasteiger partial charge in [0.25, 0.3) is 5.69 Å². The van der Waals surface area contributed by atoms with Crippen LogP contribution in [0.1, 0.15) is 17.3 Å². The van der Waals surface area contributed by atoms with Crippen LogP contribution >= 0.6 is 0 Å². The van der Waals surface area contributed by atoms with Gasteiger partial charge in [-0.15, -0.1) is 0 Å². The summed E-state index contributed by atoms with van der Waals surface area (Å²) in [6.45, 7) is 0.879. The van der Waals surface area contributed by atoms with Crippen molar-refractivity contribution in [1.29, 1.82) is 0 Å². The zero-order chi connectivity index (χ0) is 22.0. The average Bonchev–Trinajstić information content (AvgIpc) is 2.64. The number of ketones is 2. The summed E-state index contributed by atoms with van der Waals surface area (Å²) in [5, 5.41) is 6.40. The number of benzene rings is 2. The molecule has 0 radical (unpaired) electrons. The number of nitro groups is 1. The number of non-ortho nitro benzene ring substituents is 1. The van der Waals surface area contributed by atoms with Crippen LogP contribution in [0.2, 0.25) is 0 Å². The van der Waals surface area contributed by atoms with E-state index >= 15 is 0 Å². The van der Waals surface area contributed by atoms with Gasteiger partial charge in [0.05, 0.1) is 9.82 Å². The van der Waals surface area contributed by atoms with Crippen molar-refractivity contribution in [2.75, 3.05) is 6.26 Å². The van der Waals surface area contributed by atoms with Gasteiger partial charge < -0.3 is 0 Å². The Morgan fingerprint density at radius 3 is 1.83 bits per heavy atom. The molecule has 0 saturated carbocycles. The molecule has 2 aromatic rings. The minimum Gasteiger partial charge on any atom is -0.298 e. The average molecular weight is 439 g/mol. The number of Topliss-reactive ketones (excluding diaryl/α,β-unsaturated/α-hetero) is 2. The first kappa shape index (κ1) is 22.4. The fourth-order valence-corrected chi connectivity index (χ4v) is 6.73. The first-order valence-corrected chi connectivity index (χ1v) is 11.6. The number of sulfone groups is 2. The first-order chi connectivity index (χ1) is 13.4. The lowest BCUT2D eigenvalue weighted by molar-refractivity contribution is -0.384. The maximum Gasteiger partial charge on any atom is 0.269 e. The minimum atomic E-state index is -4.65. The fourth-order valence-electron chi connectivity index (χ4n) is 2.82. The standard InChI is InChI=1S/C18H17NO8S2/c1-12(20)17(29(26,27)15-10-8-14(9-11-15)19(22)23)18(28(2,24)25)16(21)13-6-4-3-5-7-13/h3-11,17-18H,1-2H3. The molecule has 0 spiro atoms. The van der Waals surface area contributed by atoms with Gasteiger partial charge in [0.2, 0.25) is 0 Å². The van der Waals surface area contributed by atoms with Crippen molar-refractivity contribution in [2.24, 2.45) is 0 Å². The molecule has 0 heterocycles. The fraction of sp³-hybridized carbons (Fsp3) is 0.222. The van der Waals surface area contributed by atoms with E-state index in [1.54, 1.807) is 6.07 Å². The molecular weight excluding hydrogens is 422 g/mol. The summed E-state index contributed by atoms with van der Waals surface area (Å²) < 4.78 is 50.9. The SMILES string of the molecule is CC(=O)C(C(C(=O)c1ccccc1)S(C)(=O)=O)S(=O)(=O)c1ccc([N+](=O)[O-])cc1. The summed E-state index contributed by atoms with van der Waals surface area (Å²) in [6, 6.07) is 10.8. The molecule has 9 nitrogen and oxygen atoms in total. The number of carbonyl (C=O) groups is 2. The van der Waals surface area contributed by atoms with Gasteiger partial charge in [0.1, 0.15) is 16.3 Å². The van der Waals surface area contributed by atoms with E-state index in [2.05, 4.69) is 0 Å². The van der Waals surface area contributed by atoms with Crippen LogP contribution in [0, 0.1) is 10.1 Å². The van der Waals surface area contributed by atoms with Crippen molar-refractivity contribution in [3.63, 3.8) is 0 Å². The highest BCUT2D eigenvalue weighted by Crippen LogP contribution is 2.27. The van der Waals surface area contributed by atoms with E-state index < -0.39 is 51.6 Å². The predicted molar refractivity (Wildman–Crippen MR) is 104 cm³/mol. The second kappa shape index (κ2) is 8.21. The maximum absolute atomic E-state index is 13.1. The molecule has 11 heteroatoms. The Morgan fingerprint density at radius 1 is 0.897 bits per heavy atom.